The van der Waals surface area contributed by atoms with Crippen molar-refractivity contribution in [3.8, 4) is 0 Å². The first kappa shape index (κ1) is 17.2. The van der Waals surface area contributed by atoms with Crippen molar-refractivity contribution in [2.45, 2.75) is 6.54 Å². The van der Waals surface area contributed by atoms with Crippen molar-refractivity contribution in [3.63, 3.8) is 0 Å². The topological polar surface area (TPSA) is 118 Å². The molecule has 0 aliphatic heterocycles. The molecule has 26 heavy (non-hydrogen) atoms. The molecule has 3 aromatic rings. The lowest BCUT2D eigenvalue weighted by Gasteiger charge is -2.07. The summed E-state index contributed by atoms with van der Waals surface area (Å²) in [6, 6.07) is 17.3. The Morgan fingerprint density at radius 3 is 2.00 bits per heavy atom. The molecule has 0 bridgehead atoms. The zero-order valence-electron chi connectivity index (χ0n) is 13.9. The van der Waals surface area contributed by atoms with Crippen molar-refractivity contribution < 1.29 is 20.1 Å². The Labute approximate surface area is 149 Å². The highest BCUT2D eigenvalue weighted by Crippen LogP contribution is 2.18. The number of amides is 1. The molecule has 0 saturated heterocycles. The van der Waals surface area contributed by atoms with Crippen molar-refractivity contribution >= 4 is 28.5 Å². The van der Waals surface area contributed by atoms with Crippen molar-refractivity contribution in [2.75, 3.05) is 0 Å². The number of benzene rings is 3. The van der Waals surface area contributed by atoms with Crippen LogP contribution in [0.15, 0.2) is 60.7 Å². The molecule has 1 amide bonds. The lowest BCUT2D eigenvalue weighted by atomic mass is 10.0. The summed E-state index contributed by atoms with van der Waals surface area (Å²) in [4.78, 5) is 23.2. The summed E-state index contributed by atoms with van der Waals surface area (Å²) in [6.45, 7) is 0.314. The first-order valence-electron chi connectivity index (χ1n) is 7.96. The Bertz CT molecular complexity index is 1010. The van der Waals surface area contributed by atoms with Crippen LogP contribution in [0.5, 0.6) is 0 Å². The van der Waals surface area contributed by atoms with Crippen LogP contribution in [0.4, 0.5) is 0 Å². The number of carbonyl (C=O) groups is 2. The van der Waals surface area contributed by atoms with E-state index in [-0.39, 0.29) is 17.3 Å². The molecule has 0 aromatic heterocycles. The Morgan fingerprint density at radius 1 is 0.885 bits per heavy atom. The Hall–Kier alpha value is -3.67. The number of amidine groups is 1. The maximum absolute atomic E-state index is 12.4. The maximum atomic E-state index is 12.4. The van der Waals surface area contributed by atoms with E-state index < -0.39 is 5.97 Å². The molecule has 6 heteroatoms. The van der Waals surface area contributed by atoms with Gasteiger partial charge in [0, 0.05) is 12.1 Å². The van der Waals surface area contributed by atoms with E-state index in [9.17, 15) is 9.59 Å². The molecule has 3 rings (SSSR count). The number of carboxylic acid groups (broad SMARTS) is 1. The van der Waals surface area contributed by atoms with Gasteiger partial charge in [-0.25, -0.2) is 4.79 Å². The minimum absolute atomic E-state index is 0.205. The first-order valence-corrected chi connectivity index (χ1v) is 7.96. The third-order valence-electron chi connectivity index (χ3n) is 4.09. The molecule has 0 atom stereocenters. The molecule has 0 aliphatic carbocycles. The zero-order chi connectivity index (χ0) is 18.7. The second-order valence-electron chi connectivity index (χ2n) is 5.92. The number of carbonyl (C=O) groups excluding carboxylic acids is 1. The Morgan fingerprint density at radius 2 is 1.42 bits per heavy atom. The van der Waals surface area contributed by atoms with Crippen LogP contribution in [0.25, 0.3) is 10.8 Å². The van der Waals surface area contributed by atoms with Gasteiger partial charge in [-0.05, 0) is 52.7 Å². The molecule has 6 N–H and O–H groups in total. The molecule has 6 nitrogen and oxygen atoms in total. The van der Waals surface area contributed by atoms with Crippen molar-refractivity contribution in [1.29, 1.82) is 0 Å². The van der Waals surface area contributed by atoms with Gasteiger partial charge in [-0.2, -0.15) is 0 Å². The van der Waals surface area contributed by atoms with Crippen LogP contribution in [-0.2, 0) is 6.54 Å². The zero-order valence-corrected chi connectivity index (χ0v) is 13.9. The summed E-state index contributed by atoms with van der Waals surface area (Å²) in [5, 5.41) is 19.2. The molecule has 0 fully saturated rings. The van der Waals surface area contributed by atoms with E-state index in [0.29, 0.717) is 12.1 Å². The molecule has 0 heterocycles. The van der Waals surface area contributed by atoms with Gasteiger partial charge in [0.05, 0.1) is 11.1 Å². The van der Waals surface area contributed by atoms with Crippen LogP contribution in [0.2, 0.25) is 0 Å². The van der Waals surface area contributed by atoms with Gasteiger partial charge in [-0.3, -0.25) is 15.9 Å². The molecular weight excluding hydrogens is 330 g/mol. The summed E-state index contributed by atoms with van der Waals surface area (Å²) in [5.41, 5.74) is 7.92. The normalized spacial score (nSPS) is 10.5. The SMILES string of the molecule is NC(=[NH2+])c1ccc2cc(C(=O)NCc3ccc(C(=O)O)cc3)ccc2c1. The van der Waals surface area contributed by atoms with Gasteiger partial charge in [0.15, 0.2) is 0 Å². The summed E-state index contributed by atoms with van der Waals surface area (Å²) >= 11 is 0. The third kappa shape index (κ3) is 3.70. The second kappa shape index (κ2) is 7.06. The number of hydrogen-bond donors (Lipinski definition) is 4. The Kier molecular flexibility index (Phi) is 4.66. The predicted molar refractivity (Wildman–Crippen MR) is 98.7 cm³/mol. The molecule has 130 valence electrons. The monoisotopic (exact) mass is 348 g/mol. The van der Waals surface area contributed by atoms with E-state index in [1.807, 2.05) is 24.3 Å². The maximum Gasteiger partial charge on any atom is 0.335 e. The van der Waals surface area contributed by atoms with Gasteiger partial charge in [0.25, 0.3) is 11.7 Å². The first-order chi connectivity index (χ1) is 12.4. The lowest BCUT2D eigenvalue weighted by Crippen LogP contribution is -2.46. The molecular formula is C20H18N3O3+. The minimum Gasteiger partial charge on any atom is -0.478 e. The van der Waals surface area contributed by atoms with Gasteiger partial charge in [0.2, 0.25) is 0 Å². The fourth-order valence-corrected chi connectivity index (χ4v) is 2.62. The van der Waals surface area contributed by atoms with Crippen LogP contribution in [0, 0.1) is 0 Å². The average molecular weight is 348 g/mol. The standard InChI is InChI=1S/C20H17N3O3/c21-18(22)16-7-5-15-10-17(8-6-14(15)9-16)19(24)23-11-12-1-3-13(4-2-12)20(25)26/h1-10H,11H2,(H3,21,22)(H,23,24)(H,25,26)/p+1. The highest BCUT2D eigenvalue weighted by molar-refractivity contribution is 6.01. The third-order valence-corrected chi connectivity index (χ3v) is 4.09. The van der Waals surface area contributed by atoms with Crippen LogP contribution >= 0.6 is 0 Å². The smallest absolute Gasteiger partial charge is 0.335 e. The van der Waals surface area contributed by atoms with E-state index in [2.05, 4.69) is 5.32 Å². The quantitative estimate of drug-likeness (QED) is 0.405. The number of hydrogen-bond acceptors (Lipinski definition) is 2. The molecule has 0 saturated carbocycles. The van der Waals surface area contributed by atoms with E-state index in [4.69, 9.17) is 16.2 Å². The van der Waals surface area contributed by atoms with Crippen molar-refractivity contribution in [1.82, 2.24) is 5.32 Å². The van der Waals surface area contributed by atoms with Crippen molar-refractivity contribution in [3.05, 3.63) is 82.9 Å². The van der Waals surface area contributed by atoms with Crippen LogP contribution in [0.1, 0.15) is 31.8 Å². The minimum atomic E-state index is -0.978. The predicted octanol–water partition coefficient (Wildman–Crippen LogP) is 0.932. The van der Waals surface area contributed by atoms with Gasteiger partial charge >= 0.3 is 5.97 Å². The van der Waals surface area contributed by atoms with Gasteiger partial charge in [-0.1, -0.05) is 24.3 Å². The van der Waals surface area contributed by atoms with Gasteiger partial charge in [0.1, 0.15) is 0 Å². The van der Waals surface area contributed by atoms with Crippen LogP contribution in [-0.4, -0.2) is 22.8 Å². The molecule has 0 radical (unpaired) electrons. The van der Waals surface area contributed by atoms with E-state index >= 15 is 0 Å². The number of fused-ring (bicyclic) bond motifs is 1. The van der Waals surface area contributed by atoms with E-state index in [0.717, 1.165) is 21.9 Å². The van der Waals surface area contributed by atoms with Crippen LogP contribution < -0.4 is 16.5 Å². The number of aromatic carboxylic acids is 1. The van der Waals surface area contributed by atoms with Crippen molar-refractivity contribution in [2.24, 2.45) is 5.73 Å². The average Bonchev–Trinajstić information content (AvgIpc) is 2.65. The number of carboxylic acids is 1. The lowest BCUT2D eigenvalue weighted by molar-refractivity contribution is -0.114. The summed E-state index contributed by atoms with van der Waals surface area (Å²) in [7, 11) is 0. The number of rotatable bonds is 5. The highest BCUT2D eigenvalue weighted by atomic mass is 16.4. The molecule has 0 unspecified atom stereocenters. The molecule has 0 spiro atoms. The fourth-order valence-electron chi connectivity index (χ4n) is 2.62. The van der Waals surface area contributed by atoms with Gasteiger partial charge < -0.3 is 10.4 Å². The van der Waals surface area contributed by atoms with Gasteiger partial charge in [-0.15, -0.1) is 0 Å². The highest BCUT2D eigenvalue weighted by Gasteiger charge is 2.09. The fraction of sp³-hybridized carbons (Fsp3) is 0.0500. The molecule has 0 aliphatic rings. The summed E-state index contributed by atoms with van der Waals surface area (Å²) in [6.07, 6.45) is 0. The summed E-state index contributed by atoms with van der Waals surface area (Å²) in [5.74, 6) is -0.931. The molecule has 3 aromatic carbocycles. The van der Waals surface area contributed by atoms with E-state index in [1.54, 1.807) is 24.3 Å². The number of nitrogens with two attached hydrogens (primary N) is 2. The van der Waals surface area contributed by atoms with Crippen LogP contribution in [0.3, 0.4) is 0 Å². The number of nitrogens with one attached hydrogen (secondary N) is 1. The Balaban J connectivity index is 1.72. The largest absolute Gasteiger partial charge is 0.478 e. The summed E-state index contributed by atoms with van der Waals surface area (Å²) < 4.78 is 0. The van der Waals surface area contributed by atoms with E-state index in [1.165, 1.54) is 12.1 Å². The second-order valence-corrected chi connectivity index (χ2v) is 5.92.